The van der Waals surface area contributed by atoms with Gasteiger partial charge in [-0.25, -0.2) is 4.39 Å². The first-order valence-electron chi connectivity index (χ1n) is 8.57. The topological polar surface area (TPSA) is 62.7 Å². The summed E-state index contributed by atoms with van der Waals surface area (Å²) in [5.41, 5.74) is 9.31. The minimum absolute atomic E-state index is 0.239. The normalized spacial score (nSPS) is 10.6. The van der Waals surface area contributed by atoms with Crippen LogP contribution in [0.25, 0.3) is 0 Å². The fraction of sp³-hybridized carbons (Fsp3) is 0.190. The largest absolute Gasteiger partial charge is 0.459 e. The van der Waals surface area contributed by atoms with Crippen molar-refractivity contribution in [2.75, 3.05) is 24.7 Å². The summed E-state index contributed by atoms with van der Waals surface area (Å²) in [6.07, 6.45) is 1.47. The van der Waals surface area contributed by atoms with Crippen LogP contribution in [0.15, 0.2) is 65.3 Å². The van der Waals surface area contributed by atoms with E-state index in [2.05, 4.69) is 0 Å². The first-order chi connectivity index (χ1) is 12.9. The third kappa shape index (κ3) is 4.47. The number of nitrogens with two attached hydrogens (primary N) is 1. The second-order valence-corrected chi connectivity index (χ2v) is 6.55. The van der Waals surface area contributed by atoms with E-state index in [1.165, 1.54) is 18.4 Å². The smallest absolute Gasteiger partial charge is 0.290 e. The monoisotopic (exact) mass is 367 g/mol. The van der Waals surface area contributed by atoms with E-state index in [1.807, 2.05) is 37.2 Å². The van der Waals surface area contributed by atoms with Gasteiger partial charge >= 0.3 is 0 Å². The summed E-state index contributed by atoms with van der Waals surface area (Å²) >= 11 is 0. The molecule has 0 spiro atoms. The number of hydrogen-bond acceptors (Lipinski definition) is 4. The fourth-order valence-corrected chi connectivity index (χ4v) is 2.94. The molecule has 0 aliphatic heterocycles. The number of amides is 1. The molecule has 0 unspecified atom stereocenters. The molecule has 5 nitrogen and oxygen atoms in total. The van der Waals surface area contributed by atoms with E-state index >= 15 is 0 Å². The van der Waals surface area contributed by atoms with Crippen LogP contribution in [-0.2, 0) is 13.1 Å². The van der Waals surface area contributed by atoms with Gasteiger partial charge in [-0.2, -0.15) is 0 Å². The van der Waals surface area contributed by atoms with Gasteiger partial charge in [0.2, 0.25) is 0 Å². The summed E-state index contributed by atoms with van der Waals surface area (Å²) in [7, 11) is 3.88. The molecule has 0 saturated heterocycles. The highest BCUT2D eigenvalue weighted by Crippen LogP contribution is 2.25. The molecule has 1 aromatic heterocycles. The second-order valence-electron chi connectivity index (χ2n) is 6.55. The first-order valence-corrected chi connectivity index (χ1v) is 8.57. The Labute approximate surface area is 157 Å². The summed E-state index contributed by atoms with van der Waals surface area (Å²) in [4.78, 5) is 16.6. The lowest BCUT2D eigenvalue weighted by atomic mass is 10.1. The van der Waals surface area contributed by atoms with Crippen molar-refractivity contribution in [2.45, 2.75) is 13.1 Å². The zero-order valence-corrected chi connectivity index (χ0v) is 15.4. The van der Waals surface area contributed by atoms with E-state index in [0.717, 1.165) is 16.8 Å². The molecule has 2 N–H and O–H groups in total. The van der Waals surface area contributed by atoms with Crippen LogP contribution >= 0.6 is 0 Å². The van der Waals surface area contributed by atoms with Crippen molar-refractivity contribution >= 4 is 17.3 Å². The summed E-state index contributed by atoms with van der Waals surface area (Å²) in [5.74, 6) is -0.294. The first kappa shape index (κ1) is 18.5. The molecular formula is C21H22FN3O2. The van der Waals surface area contributed by atoms with Gasteiger partial charge in [-0.05, 0) is 53.6 Å². The molecule has 0 aliphatic rings. The molecule has 0 saturated carbocycles. The van der Waals surface area contributed by atoms with Crippen LogP contribution in [0.3, 0.4) is 0 Å². The molecule has 0 atom stereocenters. The van der Waals surface area contributed by atoms with Crippen LogP contribution < -0.4 is 10.6 Å². The number of halogens is 1. The Morgan fingerprint density at radius 2 is 1.81 bits per heavy atom. The highest BCUT2D eigenvalue weighted by Gasteiger charge is 2.21. The average Bonchev–Trinajstić information content (AvgIpc) is 3.17. The Kier molecular flexibility index (Phi) is 5.45. The highest BCUT2D eigenvalue weighted by atomic mass is 19.1. The summed E-state index contributed by atoms with van der Waals surface area (Å²) in [5, 5.41) is 0. The van der Waals surface area contributed by atoms with Crippen LogP contribution in [0, 0.1) is 5.82 Å². The van der Waals surface area contributed by atoms with Crippen molar-refractivity contribution in [3.63, 3.8) is 0 Å². The van der Waals surface area contributed by atoms with Gasteiger partial charge in [-0.3, -0.25) is 4.79 Å². The second kappa shape index (κ2) is 7.95. The Morgan fingerprint density at radius 3 is 2.44 bits per heavy atom. The van der Waals surface area contributed by atoms with Crippen molar-refractivity contribution in [3.8, 4) is 0 Å². The number of rotatable bonds is 6. The van der Waals surface area contributed by atoms with E-state index in [0.29, 0.717) is 18.8 Å². The molecule has 0 radical (unpaired) electrons. The number of furan rings is 1. The molecular weight excluding hydrogens is 345 g/mol. The van der Waals surface area contributed by atoms with Crippen LogP contribution in [0.4, 0.5) is 15.8 Å². The maximum absolute atomic E-state index is 13.2. The van der Waals surface area contributed by atoms with Crippen LogP contribution in [0.5, 0.6) is 0 Å². The van der Waals surface area contributed by atoms with Gasteiger partial charge in [-0.15, -0.1) is 0 Å². The quantitative estimate of drug-likeness (QED) is 0.671. The molecule has 1 amide bonds. The number of hydrogen-bond donors (Lipinski definition) is 1. The van der Waals surface area contributed by atoms with Crippen molar-refractivity contribution in [3.05, 3.63) is 83.6 Å². The van der Waals surface area contributed by atoms with Crippen LogP contribution in [0.1, 0.15) is 21.7 Å². The highest BCUT2D eigenvalue weighted by molar-refractivity contribution is 5.91. The molecule has 3 rings (SSSR count). The van der Waals surface area contributed by atoms with Crippen LogP contribution in [0.2, 0.25) is 0 Å². The third-order valence-electron chi connectivity index (χ3n) is 4.25. The molecule has 0 bridgehead atoms. The van der Waals surface area contributed by atoms with Crippen LogP contribution in [-0.4, -0.2) is 24.9 Å². The Hall–Kier alpha value is -3.28. The molecule has 27 heavy (non-hydrogen) atoms. The van der Waals surface area contributed by atoms with Gasteiger partial charge in [0.15, 0.2) is 5.76 Å². The molecule has 6 heteroatoms. The lowest BCUT2D eigenvalue weighted by Gasteiger charge is -2.25. The van der Waals surface area contributed by atoms with Crippen molar-refractivity contribution < 1.29 is 13.6 Å². The SMILES string of the molecule is CN(C)c1ccc(N)cc1CN(Cc1ccc(F)cc1)C(=O)c1ccco1. The van der Waals surface area contributed by atoms with E-state index in [9.17, 15) is 9.18 Å². The van der Waals surface area contributed by atoms with Gasteiger partial charge < -0.3 is 20.0 Å². The standard InChI is InChI=1S/C21H22FN3O2/c1-24(2)19-10-9-18(23)12-16(19)14-25(21(26)20-4-3-11-27-20)13-15-5-7-17(22)8-6-15/h3-12H,13-14,23H2,1-2H3. The zero-order valence-electron chi connectivity index (χ0n) is 15.4. The lowest BCUT2D eigenvalue weighted by Crippen LogP contribution is -2.30. The van der Waals surface area contributed by atoms with Crippen molar-refractivity contribution in [1.29, 1.82) is 0 Å². The van der Waals surface area contributed by atoms with E-state index in [-0.39, 0.29) is 17.5 Å². The molecule has 0 aliphatic carbocycles. The number of carbonyl (C=O) groups excluding carboxylic acids is 1. The van der Waals surface area contributed by atoms with E-state index < -0.39 is 0 Å². The summed E-state index contributed by atoms with van der Waals surface area (Å²) in [6.45, 7) is 0.664. The van der Waals surface area contributed by atoms with Crippen molar-refractivity contribution in [2.24, 2.45) is 0 Å². The number of nitrogens with zero attached hydrogens (tertiary/aromatic N) is 2. The van der Waals surface area contributed by atoms with Gasteiger partial charge in [0.05, 0.1) is 6.26 Å². The van der Waals surface area contributed by atoms with Gasteiger partial charge in [0.25, 0.3) is 5.91 Å². The summed E-state index contributed by atoms with van der Waals surface area (Å²) in [6, 6.07) is 15.0. The number of carbonyl (C=O) groups is 1. The molecule has 3 aromatic rings. The number of anilines is 2. The fourth-order valence-electron chi connectivity index (χ4n) is 2.94. The molecule has 1 heterocycles. The maximum atomic E-state index is 13.2. The minimum atomic E-state index is -0.312. The molecule has 2 aromatic carbocycles. The zero-order chi connectivity index (χ0) is 19.4. The predicted molar refractivity (Wildman–Crippen MR) is 104 cm³/mol. The Balaban J connectivity index is 1.93. The molecule has 140 valence electrons. The Bertz CT molecular complexity index is 906. The van der Waals surface area contributed by atoms with Gasteiger partial charge in [0, 0.05) is 38.6 Å². The Morgan fingerprint density at radius 1 is 1.07 bits per heavy atom. The number of nitrogen functional groups attached to an aromatic ring is 1. The van der Waals surface area contributed by atoms with E-state index in [1.54, 1.807) is 29.2 Å². The van der Waals surface area contributed by atoms with Crippen molar-refractivity contribution in [1.82, 2.24) is 4.90 Å². The number of benzene rings is 2. The predicted octanol–water partition coefficient (Wildman–Crippen LogP) is 3.91. The molecule has 0 fully saturated rings. The average molecular weight is 367 g/mol. The minimum Gasteiger partial charge on any atom is -0.459 e. The van der Waals surface area contributed by atoms with E-state index in [4.69, 9.17) is 10.2 Å². The summed E-state index contributed by atoms with van der Waals surface area (Å²) < 4.78 is 18.5. The third-order valence-corrected chi connectivity index (χ3v) is 4.25. The maximum Gasteiger partial charge on any atom is 0.290 e. The lowest BCUT2D eigenvalue weighted by molar-refractivity contribution is 0.0698. The van der Waals surface area contributed by atoms with Gasteiger partial charge in [0.1, 0.15) is 5.82 Å². The van der Waals surface area contributed by atoms with Gasteiger partial charge in [-0.1, -0.05) is 12.1 Å².